The van der Waals surface area contributed by atoms with Crippen molar-refractivity contribution in [1.29, 1.82) is 0 Å². The number of nitrogens with two attached hydrogens (primary N) is 1. The molecule has 3 N–H and O–H groups in total. The highest BCUT2D eigenvalue weighted by Crippen LogP contribution is 2.21. The number of rotatable bonds is 3. The van der Waals surface area contributed by atoms with Crippen LogP contribution in [0, 0.1) is 0 Å². The number of thiophene rings is 1. The molecule has 0 aromatic carbocycles. The van der Waals surface area contributed by atoms with Crippen LogP contribution in [0.25, 0.3) is 0 Å². The molecule has 0 bridgehead atoms. The molecule has 1 unspecified atom stereocenters. The predicted octanol–water partition coefficient (Wildman–Crippen LogP) is 1.73. The van der Waals surface area contributed by atoms with Crippen LogP contribution in [0.5, 0.6) is 0 Å². The molecule has 0 aliphatic carbocycles. The number of hydrogen-bond acceptors (Lipinski definition) is 2. The lowest BCUT2D eigenvalue weighted by atomic mass is 10.2. The van der Waals surface area contributed by atoms with E-state index in [1.54, 1.807) is 18.4 Å². The van der Waals surface area contributed by atoms with Crippen LogP contribution < -0.4 is 11.1 Å². The van der Waals surface area contributed by atoms with E-state index in [0.717, 1.165) is 6.42 Å². The second-order valence-corrected chi connectivity index (χ2v) is 3.71. The first kappa shape index (κ1) is 10.1. The summed E-state index contributed by atoms with van der Waals surface area (Å²) < 4.78 is 0. The van der Waals surface area contributed by atoms with Crippen molar-refractivity contribution in [2.75, 3.05) is 7.05 Å². The Bertz CT molecular complexity index is 266. The molecule has 1 atom stereocenters. The molecule has 0 radical (unpaired) electrons. The van der Waals surface area contributed by atoms with E-state index in [1.807, 2.05) is 6.07 Å². The minimum atomic E-state index is 0.295. The molecule has 0 aliphatic heterocycles. The minimum Gasteiger partial charge on any atom is -0.370 e. The summed E-state index contributed by atoms with van der Waals surface area (Å²) in [5, 5.41) is 5.23. The van der Waals surface area contributed by atoms with E-state index in [9.17, 15) is 0 Å². The fraction of sp³-hybridized carbons (Fsp3) is 0.444. The zero-order valence-electron chi connectivity index (χ0n) is 7.95. The zero-order chi connectivity index (χ0) is 9.68. The van der Waals surface area contributed by atoms with Crippen LogP contribution in [-0.4, -0.2) is 13.0 Å². The summed E-state index contributed by atoms with van der Waals surface area (Å²) in [5.41, 5.74) is 5.60. The summed E-state index contributed by atoms with van der Waals surface area (Å²) >= 11 is 1.74. The fourth-order valence-corrected chi connectivity index (χ4v) is 1.97. The minimum absolute atomic E-state index is 0.295. The molecule has 13 heavy (non-hydrogen) atoms. The number of nitrogens with one attached hydrogen (secondary N) is 1. The average Bonchev–Trinajstić information content (AvgIpc) is 2.66. The van der Waals surface area contributed by atoms with Gasteiger partial charge >= 0.3 is 0 Å². The van der Waals surface area contributed by atoms with E-state index in [0.29, 0.717) is 12.0 Å². The number of nitrogens with zero attached hydrogens (tertiary/aromatic N) is 1. The molecule has 4 heteroatoms. The van der Waals surface area contributed by atoms with E-state index in [-0.39, 0.29) is 0 Å². The number of guanidine groups is 1. The van der Waals surface area contributed by atoms with Gasteiger partial charge in [-0.15, -0.1) is 11.3 Å². The lowest BCUT2D eigenvalue weighted by Crippen LogP contribution is -2.34. The van der Waals surface area contributed by atoms with Gasteiger partial charge in [0.05, 0.1) is 6.04 Å². The lowest BCUT2D eigenvalue weighted by molar-refractivity contribution is 0.632. The van der Waals surface area contributed by atoms with Crippen LogP contribution in [0.3, 0.4) is 0 Å². The van der Waals surface area contributed by atoms with E-state index >= 15 is 0 Å². The molecule has 0 fully saturated rings. The monoisotopic (exact) mass is 197 g/mol. The summed E-state index contributed by atoms with van der Waals surface area (Å²) in [6.45, 7) is 2.13. The molecule has 1 aromatic heterocycles. The Hall–Kier alpha value is -1.03. The summed E-state index contributed by atoms with van der Waals surface area (Å²) in [5.74, 6) is 0.500. The smallest absolute Gasteiger partial charge is 0.188 e. The maximum Gasteiger partial charge on any atom is 0.188 e. The topological polar surface area (TPSA) is 50.4 Å². The maximum atomic E-state index is 5.60. The fourth-order valence-electron chi connectivity index (χ4n) is 1.11. The first-order valence-electron chi connectivity index (χ1n) is 4.30. The largest absolute Gasteiger partial charge is 0.370 e. The normalized spacial score (nSPS) is 14.2. The Labute approximate surface area is 82.7 Å². The SMILES string of the molecule is CCC(NC(N)=NC)c1cccs1. The van der Waals surface area contributed by atoms with E-state index in [4.69, 9.17) is 5.73 Å². The van der Waals surface area contributed by atoms with Gasteiger partial charge in [-0.25, -0.2) is 0 Å². The van der Waals surface area contributed by atoms with Crippen molar-refractivity contribution in [3.8, 4) is 0 Å². The average molecular weight is 197 g/mol. The Kier molecular flexibility index (Phi) is 3.76. The summed E-state index contributed by atoms with van der Waals surface area (Å²) in [6, 6.07) is 4.45. The summed E-state index contributed by atoms with van der Waals surface area (Å²) in [7, 11) is 1.68. The summed E-state index contributed by atoms with van der Waals surface area (Å²) in [6.07, 6.45) is 1.01. The van der Waals surface area contributed by atoms with Gasteiger partial charge in [0.2, 0.25) is 0 Å². The highest BCUT2D eigenvalue weighted by molar-refractivity contribution is 7.10. The standard InChI is InChI=1S/C9H15N3S/c1-3-7(12-9(10)11-2)8-5-4-6-13-8/h4-7H,3H2,1-2H3,(H3,10,11,12). The molecule has 0 saturated heterocycles. The molecule has 3 nitrogen and oxygen atoms in total. The molecule has 0 spiro atoms. The van der Waals surface area contributed by atoms with Gasteiger partial charge in [-0.3, -0.25) is 4.99 Å². The molecule has 1 rings (SSSR count). The van der Waals surface area contributed by atoms with Gasteiger partial charge in [0, 0.05) is 11.9 Å². The van der Waals surface area contributed by atoms with Crippen LogP contribution in [0.1, 0.15) is 24.3 Å². The van der Waals surface area contributed by atoms with Crippen molar-refractivity contribution in [1.82, 2.24) is 5.32 Å². The van der Waals surface area contributed by atoms with E-state index in [1.165, 1.54) is 4.88 Å². The van der Waals surface area contributed by atoms with Crippen molar-refractivity contribution < 1.29 is 0 Å². The highest BCUT2D eigenvalue weighted by atomic mass is 32.1. The van der Waals surface area contributed by atoms with Gasteiger partial charge in [0.15, 0.2) is 5.96 Å². The van der Waals surface area contributed by atoms with E-state index in [2.05, 4.69) is 28.7 Å². The number of aliphatic imine (C=N–C) groups is 1. The molecular formula is C9H15N3S. The van der Waals surface area contributed by atoms with Gasteiger partial charge in [0.1, 0.15) is 0 Å². The van der Waals surface area contributed by atoms with Crippen molar-refractivity contribution in [3.05, 3.63) is 22.4 Å². The van der Waals surface area contributed by atoms with Gasteiger partial charge in [-0.05, 0) is 17.9 Å². The lowest BCUT2D eigenvalue weighted by Gasteiger charge is -2.15. The first-order chi connectivity index (χ1) is 6.27. The quantitative estimate of drug-likeness (QED) is 0.573. The molecule has 0 aliphatic rings. The second-order valence-electron chi connectivity index (χ2n) is 2.73. The molecular weight excluding hydrogens is 182 g/mol. The molecule has 0 saturated carbocycles. The molecule has 1 heterocycles. The third-order valence-corrected chi connectivity index (χ3v) is 2.84. The Morgan fingerprint density at radius 2 is 2.54 bits per heavy atom. The van der Waals surface area contributed by atoms with Crippen molar-refractivity contribution >= 4 is 17.3 Å². The van der Waals surface area contributed by atoms with Gasteiger partial charge in [0.25, 0.3) is 0 Å². The predicted molar refractivity (Wildman–Crippen MR) is 58.0 cm³/mol. The van der Waals surface area contributed by atoms with Crippen molar-refractivity contribution in [3.63, 3.8) is 0 Å². The maximum absolute atomic E-state index is 5.60. The Morgan fingerprint density at radius 1 is 1.77 bits per heavy atom. The third kappa shape index (κ3) is 2.73. The first-order valence-corrected chi connectivity index (χ1v) is 5.18. The van der Waals surface area contributed by atoms with Crippen LogP contribution in [0.15, 0.2) is 22.5 Å². The van der Waals surface area contributed by atoms with E-state index < -0.39 is 0 Å². The van der Waals surface area contributed by atoms with Gasteiger partial charge in [-0.2, -0.15) is 0 Å². The third-order valence-electron chi connectivity index (χ3n) is 1.86. The molecule has 0 amide bonds. The van der Waals surface area contributed by atoms with Crippen LogP contribution in [0.4, 0.5) is 0 Å². The number of hydrogen-bond donors (Lipinski definition) is 2. The van der Waals surface area contributed by atoms with Crippen LogP contribution in [-0.2, 0) is 0 Å². The van der Waals surface area contributed by atoms with Gasteiger partial charge < -0.3 is 11.1 Å². The molecule has 1 aromatic rings. The Balaban J connectivity index is 2.64. The van der Waals surface area contributed by atoms with Crippen molar-refractivity contribution in [2.45, 2.75) is 19.4 Å². The zero-order valence-corrected chi connectivity index (χ0v) is 8.77. The Morgan fingerprint density at radius 3 is 3.00 bits per heavy atom. The van der Waals surface area contributed by atoms with Crippen molar-refractivity contribution in [2.24, 2.45) is 10.7 Å². The van der Waals surface area contributed by atoms with Crippen LogP contribution in [0.2, 0.25) is 0 Å². The van der Waals surface area contributed by atoms with Gasteiger partial charge in [-0.1, -0.05) is 13.0 Å². The van der Waals surface area contributed by atoms with Crippen LogP contribution >= 0.6 is 11.3 Å². The second kappa shape index (κ2) is 4.87. The summed E-state index contributed by atoms with van der Waals surface area (Å²) in [4.78, 5) is 5.17. The highest BCUT2D eigenvalue weighted by Gasteiger charge is 2.09. The molecule has 72 valence electrons.